The Labute approximate surface area is 68.0 Å². The molecule has 1 heterocycles. The SMILES string of the molecule is COc1cc(C(N)=S)sn1. The van der Waals surface area contributed by atoms with Gasteiger partial charge < -0.3 is 10.5 Å². The van der Waals surface area contributed by atoms with Crippen LogP contribution >= 0.6 is 23.8 Å². The highest BCUT2D eigenvalue weighted by molar-refractivity contribution is 7.81. The summed E-state index contributed by atoms with van der Waals surface area (Å²) in [6.45, 7) is 0. The van der Waals surface area contributed by atoms with E-state index in [0.29, 0.717) is 10.9 Å². The highest BCUT2D eigenvalue weighted by Gasteiger charge is 2.02. The van der Waals surface area contributed by atoms with E-state index in [1.54, 1.807) is 13.2 Å². The number of methoxy groups -OCH3 is 1. The van der Waals surface area contributed by atoms with Gasteiger partial charge in [-0.05, 0) is 11.5 Å². The second kappa shape index (κ2) is 2.94. The first-order valence-electron chi connectivity index (χ1n) is 2.54. The Bertz CT molecular complexity index is 246. The molecule has 3 nitrogen and oxygen atoms in total. The van der Waals surface area contributed by atoms with E-state index in [2.05, 4.69) is 4.37 Å². The Morgan fingerprint density at radius 3 is 2.90 bits per heavy atom. The lowest BCUT2D eigenvalue weighted by Crippen LogP contribution is -2.06. The Balaban J connectivity index is 2.88. The maximum atomic E-state index is 5.33. The van der Waals surface area contributed by atoms with Crippen LogP contribution in [-0.2, 0) is 0 Å². The molecule has 0 aliphatic carbocycles. The second-order valence-electron chi connectivity index (χ2n) is 1.60. The third-order valence-electron chi connectivity index (χ3n) is 0.941. The summed E-state index contributed by atoms with van der Waals surface area (Å²) < 4.78 is 8.74. The van der Waals surface area contributed by atoms with Gasteiger partial charge in [0.2, 0.25) is 5.88 Å². The Morgan fingerprint density at radius 1 is 1.90 bits per heavy atom. The van der Waals surface area contributed by atoms with E-state index in [9.17, 15) is 0 Å². The van der Waals surface area contributed by atoms with Crippen molar-refractivity contribution in [2.24, 2.45) is 5.73 Å². The number of hydrogen-bond donors (Lipinski definition) is 1. The molecule has 54 valence electrons. The number of ether oxygens (including phenoxy) is 1. The van der Waals surface area contributed by atoms with Crippen molar-refractivity contribution in [2.75, 3.05) is 7.11 Å². The molecule has 0 fully saturated rings. The van der Waals surface area contributed by atoms with Gasteiger partial charge in [0.25, 0.3) is 0 Å². The van der Waals surface area contributed by atoms with Gasteiger partial charge in [-0.3, -0.25) is 0 Å². The molecule has 0 aliphatic heterocycles. The molecule has 0 aromatic carbocycles. The number of hydrogen-bond acceptors (Lipinski definition) is 4. The summed E-state index contributed by atoms with van der Waals surface area (Å²) >= 11 is 5.96. The number of nitrogens with two attached hydrogens (primary N) is 1. The number of nitrogens with zero attached hydrogens (tertiary/aromatic N) is 1. The van der Waals surface area contributed by atoms with Crippen molar-refractivity contribution in [1.82, 2.24) is 4.37 Å². The predicted octanol–water partition coefficient (Wildman–Crippen LogP) is 0.786. The van der Waals surface area contributed by atoms with Crippen molar-refractivity contribution >= 4 is 28.7 Å². The summed E-state index contributed by atoms with van der Waals surface area (Å²) in [6.07, 6.45) is 0. The standard InChI is InChI=1S/C5H6N2OS2/c1-8-4-2-3(5(6)9)10-7-4/h2H,1H3,(H2,6,9). The van der Waals surface area contributed by atoms with Crippen molar-refractivity contribution in [3.8, 4) is 5.88 Å². The van der Waals surface area contributed by atoms with Gasteiger partial charge in [-0.25, -0.2) is 0 Å². The van der Waals surface area contributed by atoms with Gasteiger partial charge in [0.15, 0.2) is 0 Å². The summed E-state index contributed by atoms with van der Waals surface area (Å²) in [5.41, 5.74) is 5.33. The molecule has 0 saturated carbocycles. The Kier molecular flexibility index (Phi) is 2.18. The van der Waals surface area contributed by atoms with Crippen LogP contribution in [0, 0.1) is 0 Å². The van der Waals surface area contributed by atoms with Crippen LogP contribution in [0.1, 0.15) is 4.88 Å². The fourth-order valence-corrected chi connectivity index (χ4v) is 1.20. The van der Waals surface area contributed by atoms with E-state index >= 15 is 0 Å². The third kappa shape index (κ3) is 1.43. The van der Waals surface area contributed by atoms with Gasteiger partial charge in [0.1, 0.15) is 4.99 Å². The monoisotopic (exact) mass is 174 g/mol. The summed E-state index contributed by atoms with van der Waals surface area (Å²) in [7, 11) is 1.55. The normalized spacial score (nSPS) is 9.30. The summed E-state index contributed by atoms with van der Waals surface area (Å²) in [6, 6.07) is 1.72. The molecule has 0 bridgehead atoms. The molecule has 10 heavy (non-hydrogen) atoms. The number of aromatic nitrogens is 1. The average molecular weight is 174 g/mol. The predicted molar refractivity (Wildman–Crippen MR) is 44.6 cm³/mol. The lowest BCUT2D eigenvalue weighted by Gasteiger charge is -1.87. The molecule has 0 atom stereocenters. The zero-order chi connectivity index (χ0) is 7.56. The van der Waals surface area contributed by atoms with Crippen LogP contribution in [0.15, 0.2) is 6.07 Å². The maximum absolute atomic E-state index is 5.33. The van der Waals surface area contributed by atoms with E-state index in [4.69, 9.17) is 22.7 Å². The van der Waals surface area contributed by atoms with Crippen LogP contribution in [0.25, 0.3) is 0 Å². The fourth-order valence-electron chi connectivity index (χ4n) is 0.471. The van der Waals surface area contributed by atoms with E-state index in [1.165, 1.54) is 11.5 Å². The molecule has 1 aromatic rings. The zero-order valence-corrected chi connectivity index (χ0v) is 6.96. The van der Waals surface area contributed by atoms with Crippen molar-refractivity contribution in [1.29, 1.82) is 0 Å². The van der Waals surface area contributed by atoms with Gasteiger partial charge in [-0.1, -0.05) is 12.2 Å². The van der Waals surface area contributed by atoms with Crippen LogP contribution in [0.4, 0.5) is 0 Å². The zero-order valence-electron chi connectivity index (χ0n) is 5.33. The van der Waals surface area contributed by atoms with Crippen molar-refractivity contribution in [2.45, 2.75) is 0 Å². The van der Waals surface area contributed by atoms with Crippen LogP contribution < -0.4 is 10.5 Å². The van der Waals surface area contributed by atoms with Gasteiger partial charge in [0, 0.05) is 6.07 Å². The highest BCUT2D eigenvalue weighted by Crippen LogP contribution is 2.15. The molecule has 5 heteroatoms. The van der Waals surface area contributed by atoms with Crippen molar-refractivity contribution in [3.05, 3.63) is 10.9 Å². The molecule has 0 amide bonds. The van der Waals surface area contributed by atoms with E-state index in [-0.39, 0.29) is 0 Å². The lowest BCUT2D eigenvalue weighted by molar-refractivity contribution is 0.402. The van der Waals surface area contributed by atoms with Crippen LogP contribution in [0.3, 0.4) is 0 Å². The minimum atomic E-state index is 0.362. The smallest absolute Gasteiger partial charge is 0.225 e. The van der Waals surface area contributed by atoms with Crippen molar-refractivity contribution < 1.29 is 4.74 Å². The van der Waals surface area contributed by atoms with Crippen LogP contribution in [-0.4, -0.2) is 16.5 Å². The van der Waals surface area contributed by atoms with E-state index < -0.39 is 0 Å². The lowest BCUT2D eigenvalue weighted by atomic mass is 10.5. The highest BCUT2D eigenvalue weighted by atomic mass is 32.1. The van der Waals surface area contributed by atoms with Gasteiger partial charge >= 0.3 is 0 Å². The molecule has 1 aromatic heterocycles. The average Bonchev–Trinajstić information content (AvgIpc) is 2.34. The fraction of sp³-hybridized carbons (Fsp3) is 0.200. The second-order valence-corrected chi connectivity index (χ2v) is 2.84. The van der Waals surface area contributed by atoms with E-state index in [1.807, 2.05) is 0 Å². The minimum Gasteiger partial charge on any atom is -0.480 e. The van der Waals surface area contributed by atoms with Crippen LogP contribution in [0.2, 0.25) is 0 Å². The maximum Gasteiger partial charge on any atom is 0.225 e. The Hall–Kier alpha value is -0.680. The van der Waals surface area contributed by atoms with Crippen molar-refractivity contribution in [3.63, 3.8) is 0 Å². The molecule has 0 aliphatic rings. The topological polar surface area (TPSA) is 48.1 Å². The number of rotatable bonds is 2. The summed E-state index contributed by atoms with van der Waals surface area (Å²) in [5, 5.41) is 0. The molecule has 0 saturated heterocycles. The largest absolute Gasteiger partial charge is 0.480 e. The molecule has 0 radical (unpaired) electrons. The Morgan fingerprint density at radius 2 is 2.60 bits per heavy atom. The summed E-state index contributed by atoms with van der Waals surface area (Å²) in [4.78, 5) is 1.15. The first kappa shape index (κ1) is 7.43. The van der Waals surface area contributed by atoms with Gasteiger partial charge in [-0.2, -0.15) is 4.37 Å². The number of thiocarbonyl (C=S) groups is 1. The molecule has 0 spiro atoms. The molecule has 1 rings (SSSR count). The van der Waals surface area contributed by atoms with Crippen LogP contribution in [0.5, 0.6) is 5.88 Å². The molecule has 2 N–H and O–H groups in total. The van der Waals surface area contributed by atoms with Gasteiger partial charge in [0.05, 0.1) is 12.0 Å². The van der Waals surface area contributed by atoms with Gasteiger partial charge in [-0.15, -0.1) is 0 Å². The molecular weight excluding hydrogens is 168 g/mol. The molecule has 0 unspecified atom stereocenters. The first-order valence-corrected chi connectivity index (χ1v) is 3.72. The first-order chi connectivity index (χ1) is 4.74. The third-order valence-corrected chi connectivity index (χ3v) is 2.10. The summed E-state index contributed by atoms with van der Waals surface area (Å²) in [5.74, 6) is 0.563. The molecular formula is C5H6N2OS2. The van der Waals surface area contributed by atoms with E-state index in [0.717, 1.165) is 4.88 Å². The minimum absolute atomic E-state index is 0.362. The quantitative estimate of drug-likeness (QED) is 0.673.